The first-order valence-electron chi connectivity index (χ1n) is 7.53. The summed E-state index contributed by atoms with van der Waals surface area (Å²) in [5, 5.41) is 2.61. The first-order valence-corrected chi connectivity index (χ1v) is 7.53. The number of carbonyl (C=O) groups excluding carboxylic acids is 2. The molecule has 2 rings (SSSR count). The Morgan fingerprint density at radius 1 is 0.913 bits per heavy atom. The van der Waals surface area contributed by atoms with Crippen molar-refractivity contribution in [3.8, 4) is 0 Å². The summed E-state index contributed by atoms with van der Waals surface area (Å²) in [6, 6.07) is 10.0. The molecule has 2 aromatic rings. The van der Waals surface area contributed by atoms with Crippen molar-refractivity contribution in [1.82, 2.24) is 0 Å². The van der Waals surface area contributed by atoms with Gasteiger partial charge in [0, 0.05) is 24.1 Å². The molecule has 0 aliphatic heterocycles. The van der Waals surface area contributed by atoms with E-state index in [1.807, 2.05) is 26.0 Å². The summed E-state index contributed by atoms with van der Waals surface area (Å²) >= 11 is 0. The lowest BCUT2D eigenvalue weighted by Crippen LogP contribution is -2.13. The van der Waals surface area contributed by atoms with E-state index in [4.69, 9.17) is 0 Å². The molecule has 0 aliphatic carbocycles. The molecule has 0 radical (unpaired) electrons. The van der Waals surface area contributed by atoms with Crippen LogP contribution >= 0.6 is 0 Å². The average molecular weight is 313 g/mol. The number of rotatable bonds is 5. The molecule has 0 unspecified atom stereocenters. The molecule has 0 fully saturated rings. The summed E-state index contributed by atoms with van der Waals surface area (Å²) in [5.41, 5.74) is 3.71. The van der Waals surface area contributed by atoms with E-state index in [0.29, 0.717) is 16.8 Å². The molecular weight excluding hydrogens is 293 g/mol. The Hall–Kier alpha value is -2.49. The summed E-state index contributed by atoms with van der Waals surface area (Å²) < 4.78 is 13.4. The van der Waals surface area contributed by atoms with Crippen LogP contribution in [-0.4, -0.2) is 11.7 Å². The van der Waals surface area contributed by atoms with Gasteiger partial charge in [-0.25, -0.2) is 4.39 Å². The second-order valence-electron chi connectivity index (χ2n) is 5.73. The number of carbonyl (C=O) groups is 2. The number of Topliss-reactive ketones (excluding diaryl/α,β-unsaturated/α-hetero) is 1. The summed E-state index contributed by atoms with van der Waals surface area (Å²) in [5.74, 6) is -0.738. The zero-order valence-corrected chi connectivity index (χ0v) is 13.6. The number of amides is 1. The molecule has 2 aromatic carbocycles. The van der Waals surface area contributed by atoms with Gasteiger partial charge in [0.2, 0.25) is 5.91 Å². The van der Waals surface area contributed by atoms with Crippen LogP contribution in [0.25, 0.3) is 0 Å². The molecule has 0 aliphatic rings. The predicted octanol–water partition coefficient (Wildman–Crippen LogP) is 4.35. The standard InChI is InChI=1S/C19H20FNO2/c1-12-4-6-15(10-14(12)3)18(22)8-9-19(23)21-16-7-5-13(2)17(20)11-16/h4-7,10-11H,8-9H2,1-3H3,(H,21,23). The Bertz CT molecular complexity index is 753. The topological polar surface area (TPSA) is 46.2 Å². The third kappa shape index (κ3) is 4.49. The first kappa shape index (κ1) is 16.9. The molecule has 0 heterocycles. The molecule has 0 spiro atoms. The molecule has 23 heavy (non-hydrogen) atoms. The smallest absolute Gasteiger partial charge is 0.224 e. The molecule has 0 atom stereocenters. The quantitative estimate of drug-likeness (QED) is 0.834. The second-order valence-corrected chi connectivity index (χ2v) is 5.73. The van der Waals surface area contributed by atoms with Crippen molar-refractivity contribution >= 4 is 17.4 Å². The van der Waals surface area contributed by atoms with Crippen LogP contribution in [0.5, 0.6) is 0 Å². The fourth-order valence-electron chi connectivity index (χ4n) is 2.18. The van der Waals surface area contributed by atoms with Crippen molar-refractivity contribution in [1.29, 1.82) is 0 Å². The van der Waals surface area contributed by atoms with Crippen LogP contribution < -0.4 is 5.32 Å². The van der Waals surface area contributed by atoms with Gasteiger partial charge in [0.15, 0.2) is 5.78 Å². The fraction of sp³-hybridized carbons (Fsp3) is 0.263. The normalized spacial score (nSPS) is 10.4. The van der Waals surface area contributed by atoms with Gasteiger partial charge in [-0.15, -0.1) is 0 Å². The number of ketones is 1. The minimum absolute atomic E-state index is 0.0707. The van der Waals surface area contributed by atoms with Gasteiger partial charge >= 0.3 is 0 Å². The average Bonchev–Trinajstić information content (AvgIpc) is 2.51. The van der Waals surface area contributed by atoms with E-state index in [1.165, 1.54) is 6.07 Å². The van der Waals surface area contributed by atoms with Gasteiger partial charge in [-0.05, 0) is 55.7 Å². The van der Waals surface area contributed by atoms with E-state index in [0.717, 1.165) is 11.1 Å². The fourth-order valence-corrected chi connectivity index (χ4v) is 2.18. The highest BCUT2D eigenvalue weighted by Crippen LogP contribution is 2.15. The summed E-state index contributed by atoms with van der Waals surface area (Å²) in [4.78, 5) is 24.0. The van der Waals surface area contributed by atoms with Crippen molar-refractivity contribution < 1.29 is 14.0 Å². The van der Waals surface area contributed by atoms with E-state index >= 15 is 0 Å². The maximum absolute atomic E-state index is 13.4. The van der Waals surface area contributed by atoms with Crippen LogP contribution in [-0.2, 0) is 4.79 Å². The molecular formula is C19H20FNO2. The van der Waals surface area contributed by atoms with Crippen molar-refractivity contribution in [2.24, 2.45) is 0 Å². The van der Waals surface area contributed by atoms with E-state index in [2.05, 4.69) is 5.32 Å². The van der Waals surface area contributed by atoms with Gasteiger partial charge in [-0.3, -0.25) is 9.59 Å². The van der Waals surface area contributed by atoms with Gasteiger partial charge in [-0.2, -0.15) is 0 Å². The first-order chi connectivity index (χ1) is 10.9. The van der Waals surface area contributed by atoms with Crippen molar-refractivity contribution in [2.45, 2.75) is 33.6 Å². The highest BCUT2D eigenvalue weighted by Gasteiger charge is 2.11. The molecule has 1 N–H and O–H groups in total. The lowest BCUT2D eigenvalue weighted by Gasteiger charge is -2.07. The van der Waals surface area contributed by atoms with Crippen molar-refractivity contribution in [2.75, 3.05) is 5.32 Å². The molecule has 0 bridgehead atoms. The largest absolute Gasteiger partial charge is 0.326 e. The number of hydrogen-bond acceptors (Lipinski definition) is 2. The molecule has 0 saturated carbocycles. The highest BCUT2D eigenvalue weighted by molar-refractivity contribution is 6.00. The minimum atomic E-state index is -0.367. The van der Waals surface area contributed by atoms with E-state index in [9.17, 15) is 14.0 Å². The van der Waals surface area contributed by atoms with E-state index in [1.54, 1.807) is 25.1 Å². The predicted molar refractivity (Wildman–Crippen MR) is 89.2 cm³/mol. The van der Waals surface area contributed by atoms with Crippen LogP contribution in [0.15, 0.2) is 36.4 Å². The zero-order valence-electron chi connectivity index (χ0n) is 13.6. The Morgan fingerprint density at radius 3 is 2.26 bits per heavy atom. The molecule has 0 saturated heterocycles. The van der Waals surface area contributed by atoms with Gasteiger partial charge in [0.25, 0.3) is 0 Å². The second kappa shape index (κ2) is 7.18. The Balaban J connectivity index is 1.91. The van der Waals surface area contributed by atoms with Crippen LogP contribution in [0.2, 0.25) is 0 Å². The van der Waals surface area contributed by atoms with Gasteiger partial charge < -0.3 is 5.32 Å². The van der Waals surface area contributed by atoms with Gasteiger partial charge in [-0.1, -0.05) is 18.2 Å². The number of nitrogens with one attached hydrogen (secondary N) is 1. The number of anilines is 1. The third-order valence-electron chi connectivity index (χ3n) is 3.86. The summed E-state index contributed by atoms with van der Waals surface area (Å²) in [7, 11) is 0. The summed E-state index contributed by atoms with van der Waals surface area (Å²) in [6.07, 6.45) is 0.198. The van der Waals surface area contributed by atoms with Crippen LogP contribution in [0, 0.1) is 26.6 Å². The zero-order chi connectivity index (χ0) is 17.0. The maximum atomic E-state index is 13.4. The Kier molecular flexibility index (Phi) is 5.27. The van der Waals surface area contributed by atoms with Crippen molar-refractivity contribution in [3.05, 3.63) is 64.5 Å². The monoisotopic (exact) mass is 313 g/mol. The molecule has 120 valence electrons. The molecule has 4 heteroatoms. The Morgan fingerprint density at radius 2 is 1.61 bits per heavy atom. The van der Waals surface area contributed by atoms with E-state index < -0.39 is 0 Å². The highest BCUT2D eigenvalue weighted by atomic mass is 19.1. The van der Waals surface area contributed by atoms with E-state index in [-0.39, 0.29) is 30.3 Å². The molecule has 1 amide bonds. The number of halogens is 1. The number of hydrogen-bond donors (Lipinski definition) is 1. The number of aryl methyl sites for hydroxylation is 3. The lowest BCUT2D eigenvalue weighted by atomic mass is 10.0. The maximum Gasteiger partial charge on any atom is 0.224 e. The molecule has 0 aromatic heterocycles. The SMILES string of the molecule is Cc1ccc(C(=O)CCC(=O)Nc2ccc(C)c(F)c2)cc1C. The third-order valence-corrected chi connectivity index (χ3v) is 3.86. The molecule has 3 nitrogen and oxygen atoms in total. The van der Waals surface area contributed by atoms with Crippen molar-refractivity contribution in [3.63, 3.8) is 0 Å². The van der Waals surface area contributed by atoms with Gasteiger partial charge in [0.05, 0.1) is 0 Å². The van der Waals surface area contributed by atoms with Crippen LogP contribution in [0.3, 0.4) is 0 Å². The van der Waals surface area contributed by atoms with Crippen LogP contribution in [0.4, 0.5) is 10.1 Å². The Labute approximate surface area is 135 Å². The number of benzene rings is 2. The minimum Gasteiger partial charge on any atom is -0.326 e. The lowest BCUT2D eigenvalue weighted by molar-refractivity contribution is -0.116. The van der Waals surface area contributed by atoms with Gasteiger partial charge in [0.1, 0.15) is 5.82 Å². The summed E-state index contributed by atoms with van der Waals surface area (Å²) in [6.45, 7) is 5.59. The van der Waals surface area contributed by atoms with Crippen LogP contribution in [0.1, 0.15) is 39.9 Å².